The van der Waals surface area contributed by atoms with Gasteiger partial charge in [0.05, 0.1) is 0 Å². The lowest BCUT2D eigenvalue weighted by molar-refractivity contribution is 0.438. The predicted octanol–water partition coefficient (Wildman–Crippen LogP) is 4.28. The van der Waals surface area contributed by atoms with Gasteiger partial charge in [0.15, 0.2) is 0 Å². The maximum absolute atomic E-state index is 3.82. The van der Waals surface area contributed by atoms with Gasteiger partial charge in [-0.15, -0.1) is 6.58 Å². The van der Waals surface area contributed by atoms with Crippen LogP contribution in [0.25, 0.3) is 0 Å². The summed E-state index contributed by atoms with van der Waals surface area (Å²) in [4.78, 5) is 0. The minimum atomic E-state index is 0.630. The fraction of sp³-hybridized carbons (Fsp3) is 0.429. The van der Waals surface area contributed by atoms with Crippen LogP contribution in [0.5, 0.6) is 0 Å². The normalized spacial score (nSPS) is 25.6. The summed E-state index contributed by atoms with van der Waals surface area (Å²) in [7, 11) is 0. The molecule has 0 saturated heterocycles. The van der Waals surface area contributed by atoms with Crippen LogP contribution >= 0.6 is 0 Å². The van der Waals surface area contributed by atoms with E-state index in [0.29, 0.717) is 11.8 Å². The third-order valence-corrected chi connectivity index (χ3v) is 2.79. The van der Waals surface area contributed by atoms with Crippen LogP contribution in [0.4, 0.5) is 0 Å². The zero-order chi connectivity index (χ0) is 10.4. The van der Waals surface area contributed by atoms with Gasteiger partial charge in [-0.1, -0.05) is 50.3 Å². The van der Waals surface area contributed by atoms with Gasteiger partial charge >= 0.3 is 0 Å². The molecule has 0 spiro atoms. The fourth-order valence-electron chi connectivity index (χ4n) is 2.02. The van der Waals surface area contributed by atoms with Gasteiger partial charge in [-0.25, -0.2) is 0 Å². The number of hydrogen-bond acceptors (Lipinski definition) is 0. The molecule has 0 aromatic rings. The van der Waals surface area contributed by atoms with Crippen molar-refractivity contribution in [2.24, 2.45) is 11.8 Å². The lowest BCUT2D eigenvalue weighted by Crippen LogP contribution is -2.13. The van der Waals surface area contributed by atoms with Gasteiger partial charge in [0, 0.05) is 0 Å². The van der Waals surface area contributed by atoms with Crippen molar-refractivity contribution in [3.05, 3.63) is 49.1 Å². The molecule has 0 bridgehead atoms. The van der Waals surface area contributed by atoms with Crippen LogP contribution in [0.3, 0.4) is 0 Å². The predicted molar refractivity (Wildman–Crippen MR) is 64.1 cm³/mol. The van der Waals surface area contributed by atoms with Crippen LogP contribution in [0.2, 0.25) is 0 Å². The first-order chi connectivity index (χ1) is 6.81. The van der Waals surface area contributed by atoms with Crippen LogP contribution < -0.4 is 0 Å². The molecule has 0 aliphatic heterocycles. The minimum absolute atomic E-state index is 0.630. The molecule has 1 aliphatic carbocycles. The Balaban J connectivity index is 2.71. The first-order valence-electron chi connectivity index (χ1n) is 5.45. The van der Waals surface area contributed by atoms with Gasteiger partial charge in [0.2, 0.25) is 0 Å². The van der Waals surface area contributed by atoms with E-state index in [2.05, 4.69) is 38.3 Å². The summed E-state index contributed by atoms with van der Waals surface area (Å²) in [5.41, 5.74) is 1.25. The summed E-state index contributed by atoms with van der Waals surface area (Å²) in [5.74, 6) is 1.33. The molecule has 0 nitrogen and oxygen atoms in total. The quantitative estimate of drug-likeness (QED) is 0.565. The van der Waals surface area contributed by atoms with E-state index in [1.54, 1.807) is 0 Å². The van der Waals surface area contributed by atoms with E-state index in [-0.39, 0.29) is 0 Å². The zero-order valence-corrected chi connectivity index (χ0v) is 9.08. The molecule has 2 atom stereocenters. The second-order valence-corrected chi connectivity index (χ2v) is 3.87. The van der Waals surface area contributed by atoms with Gasteiger partial charge in [-0.3, -0.25) is 0 Å². The first-order valence-corrected chi connectivity index (χ1v) is 5.45. The molecule has 1 rings (SSSR count). The zero-order valence-electron chi connectivity index (χ0n) is 9.08. The van der Waals surface area contributed by atoms with Gasteiger partial charge in [-0.05, 0) is 30.3 Å². The van der Waals surface area contributed by atoms with E-state index in [4.69, 9.17) is 0 Å². The summed E-state index contributed by atoms with van der Waals surface area (Å²) < 4.78 is 0. The van der Waals surface area contributed by atoms with Crippen molar-refractivity contribution in [3.63, 3.8) is 0 Å². The monoisotopic (exact) mass is 188 g/mol. The van der Waals surface area contributed by atoms with E-state index < -0.39 is 0 Å². The highest BCUT2D eigenvalue weighted by molar-refractivity contribution is 5.33. The van der Waals surface area contributed by atoms with E-state index in [0.717, 1.165) is 6.42 Å². The molecule has 0 amide bonds. The highest BCUT2D eigenvalue weighted by Crippen LogP contribution is 2.29. The van der Waals surface area contributed by atoms with Crippen LogP contribution in [0, 0.1) is 11.8 Å². The van der Waals surface area contributed by atoms with Crippen LogP contribution in [-0.4, -0.2) is 0 Å². The van der Waals surface area contributed by atoms with Crippen molar-refractivity contribution in [2.75, 3.05) is 0 Å². The molecule has 0 unspecified atom stereocenters. The van der Waals surface area contributed by atoms with Gasteiger partial charge in [0.25, 0.3) is 0 Å². The van der Waals surface area contributed by atoms with E-state index in [1.807, 2.05) is 12.2 Å². The summed E-state index contributed by atoms with van der Waals surface area (Å²) in [6, 6.07) is 0. The first kappa shape index (κ1) is 11.0. The molecule has 0 radical (unpaired) electrons. The Kier molecular flexibility index (Phi) is 4.45. The van der Waals surface area contributed by atoms with Crippen molar-refractivity contribution in [2.45, 2.75) is 26.2 Å². The van der Waals surface area contributed by atoms with Gasteiger partial charge < -0.3 is 0 Å². The largest absolute Gasteiger partial charge is 0.103 e. The third-order valence-electron chi connectivity index (χ3n) is 2.79. The SMILES string of the molecule is C=CC[C@H]1C=C(C=C)C=C[C@H]1CCC. The lowest BCUT2D eigenvalue weighted by atomic mass is 9.81. The number of allylic oxidation sites excluding steroid dienone is 6. The Morgan fingerprint density at radius 1 is 1.36 bits per heavy atom. The minimum Gasteiger partial charge on any atom is -0.103 e. The van der Waals surface area contributed by atoms with Crippen molar-refractivity contribution in [3.8, 4) is 0 Å². The van der Waals surface area contributed by atoms with Crippen molar-refractivity contribution in [1.82, 2.24) is 0 Å². The lowest BCUT2D eigenvalue weighted by Gasteiger charge is -2.24. The molecule has 76 valence electrons. The van der Waals surface area contributed by atoms with Gasteiger partial charge in [-0.2, -0.15) is 0 Å². The van der Waals surface area contributed by atoms with Gasteiger partial charge in [0.1, 0.15) is 0 Å². The van der Waals surface area contributed by atoms with Crippen molar-refractivity contribution >= 4 is 0 Å². The van der Waals surface area contributed by atoms with E-state index >= 15 is 0 Å². The van der Waals surface area contributed by atoms with Crippen LogP contribution in [0.15, 0.2) is 49.1 Å². The van der Waals surface area contributed by atoms with Crippen molar-refractivity contribution in [1.29, 1.82) is 0 Å². The Morgan fingerprint density at radius 3 is 2.71 bits per heavy atom. The average Bonchev–Trinajstić information content (AvgIpc) is 2.21. The molecule has 0 aromatic heterocycles. The molecular formula is C14H20. The van der Waals surface area contributed by atoms with E-state index in [9.17, 15) is 0 Å². The summed E-state index contributed by atoms with van der Waals surface area (Å²) in [6.45, 7) is 9.87. The highest BCUT2D eigenvalue weighted by atomic mass is 14.2. The summed E-state index contributed by atoms with van der Waals surface area (Å²) in [6.07, 6.45) is 14.4. The fourth-order valence-corrected chi connectivity index (χ4v) is 2.02. The maximum Gasteiger partial charge on any atom is -0.0127 e. The molecule has 0 heterocycles. The molecular weight excluding hydrogens is 168 g/mol. The molecule has 0 saturated carbocycles. The highest BCUT2D eigenvalue weighted by Gasteiger charge is 2.17. The second kappa shape index (κ2) is 5.64. The van der Waals surface area contributed by atoms with Crippen LogP contribution in [0.1, 0.15) is 26.2 Å². The third kappa shape index (κ3) is 2.73. The Morgan fingerprint density at radius 2 is 2.14 bits per heavy atom. The second-order valence-electron chi connectivity index (χ2n) is 3.87. The topological polar surface area (TPSA) is 0 Å². The standard InChI is InChI=1S/C14H20/c1-4-7-13-10-9-12(6-3)11-14(13)8-5-2/h5-6,9-11,13-14H,2-4,7-8H2,1H3/t13-,14+/m1/s1. The van der Waals surface area contributed by atoms with Crippen molar-refractivity contribution < 1.29 is 0 Å². The summed E-state index contributed by atoms with van der Waals surface area (Å²) >= 11 is 0. The maximum atomic E-state index is 3.82. The summed E-state index contributed by atoms with van der Waals surface area (Å²) in [5, 5.41) is 0. The average molecular weight is 188 g/mol. The molecule has 1 aliphatic rings. The molecule has 0 fully saturated rings. The molecule has 14 heavy (non-hydrogen) atoms. The molecule has 0 N–H and O–H groups in total. The molecule has 0 heteroatoms. The Bertz CT molecular complexity index is 255. The number of hydrogen-bond donors (Lipinski definition) is 0. The van der Waals surface area contributed by atoms with Crippen LogP contribution in [-0.2, 0) is 0 Å². The Hall–Kier alpha value is -1.04. The number of rotatable bonds is 5. The molecule has 0 aromatic carbocycles. The smallest absolute Gasteiger partial charge is 0.0127 e. The van der Waals surface area contributed by atoms with E-state index in [1.165, 1.54) is 18.4 Å². The Labute approximate surface area is 87.7 Å².